The molecule has 0 saturated carbocycles. The molecule has 2 aromatic carbocycles. The van der Waals surface area contributed by atoms with Crippen LogP contribution in [-0.2, 0) is 20.7 Å². The van der Waals surface area contributed by atoms with E-state index in [4.69, 9.17) is 4.74 Å². The van der Waals surface area contributed by atoms with Crippen molar-refractivity contribution in [3.05, 3.63) is 81.9 Å². The number of carbonyl (C=O) groups excluding carboxylic acids is 1. The van der Waals surface area contributed by atoms with Gasteiger partial charge in [0.1, 0.15) is 0 Å². The maximum atomic E-state index is 11.8. The van der Waals surface area contributed by atoms with Crippen molar-refractivity contribution in [3.63, 3.8) is 0 Å². The Balaban J connectivity index is 1.98. The van der Waals surface area contributed by atoms with Crippen LogP contribution in [0.15, 0.2) is 60.7 Å². The minimum Gasteiger partial charge on any atom is -0.478 e. The first-order valence-corrected chi connectivity index (χ1v) is 7.35. The topological polar surface area (TPSA) is 107 Å². The SMILES string of the molecule is O=C(/C=C/c1ccc([N+](=O)[O-])cc1)O[C@@H](Cc1ccccc1)C(=O)O. The van der Waals surface area contributed by atoms with Crippen LogP contribution in [0.4, 0.5) is 5.69 Å². The molecule has 0 saturated heterocycles. The zero-order chi connectivity index (χ0) is 18.2. The minimum atomic E-state index is -1.29. The van der Waals surface area contributed by atoms with E-state index in [2.05, 4.69) is 0 Å². The Labute approximate surface area is 143 Å². The van der Waals surface area contributed by atoms with Crippen LogP contribution in [0.1, 0.15) is 11.1 Å². The van der Waals surface area contributed by atoms with Gasteiger partial charge in [0.2, 0.25) is 6.10 Å². The third-order valence-corrected chi connectivity index (χ3v) is 3.31. The smallest absolute Gasteiger partial charge is 0.345 e. The lowest BCUT2D eigenvalue weighted by atomic mass is 10.1. The van der Waals surface area contributed by atoms with Crippen LogP contribution in [0, 0.1) is 10.1 Å². The molecule has 2 aromatic rings. The zero-order valence-electron chi connectivity index (χ0n) is 13.1. The summed E-state index contributed by atoms with van der Waals surface area (Å²) in [4.78, 5) is 33.1. The number of rotatable bonds is 7. The van der Waals surface area contributed by atoms with Gasteiger partial charge in [-0.05, 0) is 29.3 Å². The Hall–Kier alpha value is -3.48. The van der Waals surface area contributed by atoms with Gasteiger partial charge in [0.05, 0.1) is 4.92 Å². The number of nitrogens with zero attached hydrogens (tertiary/aromatic N) is 1. The molecule has 0 heterocycles. The van der Waals surface area contributed by atoms with Gasteiger partial charge in [0.15, 0.2) is 0 Å². The fourth-order valence-electron chi connectivity index (χ4n) is 2.06. The van der Waals surface area contributed by atoms with Gasteiger partial charge in [-0.25, -0.2) is 9.59 Å². The van der Waals surface area contributed by atoms with Gasteiger partial charge < -0.3 is 9.84 Å². The van der Waals surface area contributed by atoms with Crippen molar-refractivity contribution < 1.29 is 24.4 Å². The summed E-state index contributed by atoms with van der Waals surface area (Å²) in [6, 6.07) is 14.4. The van der Waals surface area contributed by atoms with Crippen molar-refractivity contribution in [3.8, 4) is 0 Å². The summed E-state index contributed by atoms with van der Waals surface area (Å²) < 4.78 is 4.97. The number of non-ortho nitro benzene ring substituents is 1. The highest BCUT2D eigenvalue weighted by molar-refractivity contribution is 5.89. The average Bonchev–Trinajstić information content (AvgIpc) is 2.60. The van der Waals surface area contributed by atoms with E-state index >= 15 is 0 Å². The third kappa shape index (κ3) is 5.58. The first-order valence-electron chi connectivity index (χ1n) is 7.35. The number of benzene rings is 2. The van der Waals surface area contributed by atoms with Crippen molar-refractivity contribution in [1.82, 2.24) is 0 Å². The third-order valence-electron chi connectivity index (χ3n) is 3.31. The van der Waals surface area contributed by atoms with Gasteiger partial charge in [-0.3, -0.25) is 10.1 Å². The van der Waals surface area contributed by atoms with Crippen LogP contribution in [-0.4, -0.2) is 28.1 Å². The molecule has 25 heavy (non-hydrogen) atoms. The molecule has 7 nitrogen and oxygen atoms in total. The van der Waals surface area contributed by atoms with E-state index in [0.29, 0.717) is 5.56 Å². The number of carboxylic acid groups (broad SMARTS) is 1. The highest BCUT2D eigenvalue weighted by Gasteiger charge is 2.21. The number of nitro benzene ring substituents is 1. The van der Waals surface area contributed by atoms with Crippen LogP contribution in [0.5, 0.6) is 0 Å². The molecule has 0 spiro atoms. The van der Waals surface area contributed by atoms with Crippen LogP contribution in [0.2, 0.25) is 0 Å². The van der Waals surface area contributed by atoms with Crippen molar-refractivity contribution in [2.75, 3.05) is 0 Å². The summed E-state index contributed by atoms with van der Waals surface area (Å²) >= 11 is 0. The Morgan fingerprint density at radius 2 is 1.76 bits per heavy atom. The molecule has 0 aliphatic rings. The number of nitro groups is 1. The average molecular weight is 341 g/mol. The predicted octanol–water partition coefficient (Wildman–Crippen LogP) is 2.85. The lowest BCUT2D eigenvalue weighted by molar-refractivity contribution is -0.384. The Kier molecular flexibility index (Phi) is 6.00. The molecule has 1 N–H and O–H groups in total. The van der Waals surface area contributed by atoms with Gasteiger partial charge in [0.25, 0.3) is 5.69 Å². The summed E-state index contributed by atoms with van der Waals surface area (Å²) in [6.45, 7) is 0. The number of carbonyl (C=O) groups is 2. The molecule has 0 bridgehead atoms. The number of hydrogen-bond acceptors (Lipinski definition) is 5. The highest BCUT2D eigenvalue weighted by Crippen LogP contribution is 2.13. The fourth-order valence-corrected chi connectivity index (χ4v) is 2.06. The van der Waals surface area contributed by atoms with Gasteiger partial charge >= 0.3 is 11.9 Å². The normalized spacial score (nSPS) is 11.8. The molecule has 0 radical (unpaired) electrons. The molecule has 128 valence electrons. The van der Waals surface area contributed by atoms with Crippen LogP contribution in [0.25, 0.3) is 6.08 Å². The Morgan fingerprint density at radius 1 is 1.12 bits per heavy atom. The second-order valence-electron chi connectivity index (χ2n) is 5.14. The molecular weight excluding hydrogens is 326 g/mol. The van der Waals surface area contributed by atoms with E-state index in [0.717, 1.165) is 11.6 Å². The van der Waals surface area contributed by atoms with Crippen molar-refractivity contribution in [2.24, 2.45) is 0 Å². The number of carboxylic acids is 1. The standard InChI is InChI=1S/C18H15NO6/c20-17(11-8-13-6-9-15(10-7-13)19(23)24)25-16(18(21)22)12-14-4-2-1-3-5-14/h1-11,16H,12H2,(H,21,22)/b11-8+/t16-/m0/s1. The molecule has 0 fully saturated rings. The van der Waals surface area contributed by atoms with E-state index in [1.54, 1.807) is 30.3 Å². The van der Waals surface area contributed by atoms with Crippen molar-refractivity contribution in [2.45, 2.75) is 12.5 Å². The second-order valence-corrected chi connectivity index (χ2v) is 5.14. The number of ether oxygens (including phenoxy) is 1. The zero-order valence-corrected chi connectivity index (χ0v) is 13.1. The molecule has 1 atom stereocenters. The van der Waals surface area contributed by atoms with E-state index in [1.165, 1.54) is 30.3 Å². The molecule has 7 heteroatoms. The maximum Gasteiger partial charge on any atom is 0.345 e. The fraction of sp³-hybridized carbons (Fsp3) is 0.111. The summed E-state index contributed by atoms with van der Waals surface area (Å²) in [7, 11) is 0. The lowest BCUT2D eigenvalue weighted by Gasteiger charge is -2.12. The largest absolute Gasteiger partial charge is 0.478 e. The summed E-state index contributed by atoms with van der Waals surface area (Å²) in [6.07, 6.45) is 1.25. The first-order chi connectivity index (χ1) is 12.0. The van der Waals surface area contributed by atoms with Gasteiger partial charge in [0, 0.05) is 24.6 Å². The van der Waals surface area contributed by atoms with Crippen LogP contribution < -0.4 is 0 Å². The summed E-state index contributed by atoms with van der Waals surface area (Å²) in [5.41, 5.74) is 1.23. The Bertz CT molecular complexity index is 783. The van der Waals surface area contributed by atoms with Crippen molar-refractivity contribution >= 4 is 23.7 Å². The second kappa shape index (κ2) is 8.39. The monoisotopic (exact) mass is 341 g/mol. The predicted molar refractivity (Wildman–Crippen MR) is 89.8 cm³/mol. The van der Waals surface area contributed by atoms with E-state index in [-0.39, 0.29) is 12.1 Å². The van der Waals surface area contributed by atoms with E-state index in [1.807, 2.05) is 0 Å². The van der Waals surface area contributed by atoms with Crippen LogP contribution in [0.3, 0.4) is 0 Å². The quantitative estimate of drug-likeness (QED) is 0.359. The molecule has 0 amide bonds. The van der Waals surface area contributed by atoms with Gasteiger partial charge in [-0.15, -0.1) is 0 Å². The number of hydrogen-bond donors (Lipinski definition) is 1. The van der Waals surface area contributed by atoms with E-state index in [9.17, 15) is 24.8 Å². The minimum absolute atomic E-state index is 0.0615. The molecule has 0 aromatic heterocycles. The number of esters is 1. The first kappa shape index (κ1) is 17.9. The molecule has 0 aliphatic heterocycles. The molecule has 2 rings (SSSR count). The molecule has 0 unspecified atom stereocenters. The van der Waals surface area contributed by atoms with Gasteiger partial charge in [-0.1, -0.05) is 30.3 Å². The lowest BCUT2D eigenvalue weighted by Crippen LogP contribution is -2.28. The Morgan fingerprint density at radius 3 is 2.32 bits per heavy atom. The summed E-state index contributed by atoms with van der Waals surface area (Å²) in [5, 5.41) is 19.8. The van der Waals surface area contributed by atoms with Crippen LogP contribution >= 0.6 is 0 Å². The van der Waals surface area contributed by atoms with E-state index < -0.39 is 23.0 Å². The number of aliphatic carboxylic acids is 1. The highest BCUT2D eigenvalue weighted by atomic mass is 16.6. The molecular formula is C18H15NO6. The maximum absolute atomic E-state index is 11.8. The summed E-state index contributed by atoms with van der Waals surface area (Å²) in [5.74, 6) is -2.04. The van der Waals surface area contributed by atoms with Crippen molar-refractivity contribution in [1.29, 1.82) is 0 Å². The molecule has 0 aliphatic carbocycles. The van der Waals surface area contributed by atoms with Gasteiger partial charge in [-0.2, -0.15) is 0 Å².